The number of rotatable bonds is 5. The minimum absolute atomic E-state index is 0.0231. The van der Waals surface area contributed by atoms with Crippen LogP contribution in [-0.4, -0.2) is 20.6 Å². The number of nitro groups is 1. The molecule has 0 aliphatic rings. The first-order valence-corrected chi connectivity index (χ1v) is 6.94. The second kappa shape index (κ2) is 6.87. The highest BCUT2D eigenvalue weighted by Crippen LogP contribution is 2.25. The lowest BCUT2D eigenvalue weighted by molar-refractivity contribution is -0.386. The fraction of sp³-hybridized carbons (Fsp3) is 0.286. The molecule has 0 spiro atoms. The standard InChI is InChI=1S/C14H12F4N4O3/c1-6-14(22(24)25)7(2)21(20-6)4-3-10(23)19-13-11(17)8(15)5-9(16)12(13)18/h5H,3-4H2,1-2H3,(H,19,23). The van der Waals surface area contributed by atoms with Gasteiger partial charge in [0.1, 0.15) is 17.1 Å². The first-order valence-electron chi connectivity index (χ1n) is 6.94. The van der Waals surface area contributed by atoms with Gasteiger partial charge in [-0.15, -0.1) is 0 Å². The van der Waals surface area contributed by atoms with Gasteiger partial charge in [-0.1, -0.05) is 0 Å². The molecule has 2 aromatic rings. The van der Waals surface area contributed by atoms with E-state index in [2.05, 4.69) is 5.10 Å². The number of anilines is 1. The number of nitrogens with zero attached hydrogens (tertiary/aromatic N) is 3. The molecular formula is C14H12F4N4O3. The maximum Gasteiger partial charge on any atom is 0.312 e. The van der Waals surface area contributed by atoms with Crippen LogP contribution in [0.4, 0.5) is 28.9 Å². The number of nitrogens with one attached hydrogen (secondary N) is 1. The predicted octanol–water partition coefficient (Wildman–Crippen LogP) is 2.99. The number of halogens is 4. The van der Waals surface area contributed by atoms with Gasteiger partial charge in [0.2, 0.25) is 5.91 Å². The third-order valence-electron chi connectivity index (χ3n) is 3.45. The molecule has 0 aliphatic carbocycles. The van der Waals surface area contributed by atoms with E-state index in [-0.39, 0.29) is 36.1 Å². The second-order valence-electron chi connectivity index (χ2n) is 5.14. The van der Waals surface area contributed by atoms with Crippen molar-refractivity contribution in [2.45, 2.75) is 26.8 Å². The van der Waals surface area contributed by atoms with Crippen LogP contribution in [0.2, 0.25) is 0 Å². The second-order valence-corrected chi connectivity index (χ2v) is 5.14. The average Bonchev–Trinajstić information content (AvgIpc) is 2.81. The van der Waals surface area contributed by atoms with Gasteiger partial charge in [-0.25, -0.2) is 17.6 Å². The summed E-state index contributed by atoms with van der Waals surface area (Å²) < 4.78 is 54.3. The van der Waals surface area contributed by atoms with Crippen LogP contribution in [0.15, 0.2) is 6.07 Å². The fourth-order valence-electron chi connectivity index (χ4n) is 2.26. The fourth-order valence-corrected chi connectivity index (χ4v) is 2.26. The molecule has 0 unspecified atom stereocenters. The van der Waals surface area contributed by atoms with Crippen LogP contribution in [-0.2, 0) is 11.3 Å². The van der Waals surface area contributed by atoms with Crippen molar-refractivity contribution in [3.63, 3.8) is 0 Å². The molecule has 0 atom stereocenters. The highest BCUT2D eigenvalue weighted by atomic mass is 19.2. The normalized spacial score (nSPS) is 10.8. The van der Waals surface area contributed by atoms with E-state index in [1.807, 2.05) is 0 Å². The Kier molecular flexibility index (Phi) is 5.04. The molecule has 2 rings (SSSR count). The largest absolute Gasteiger partial charge is 0.321 e. The molecule has 1 N–H and O–H groups in total. The van der Waals surface area contributed by atoms with E-state index >= 15 is 0 Å². The minimum Gasteiger partial charge on any atom is -0.321 e. The molecule has 1 aromatic carbocycles. The third-order valence-corrected chi connectivity index (χ3v) is 3.45. The summed E-state index contributed by atoms with van der Waals surface area (Å²) in [5.74, 6) is -7.70. The maximum atomic E-state index is 13.5. The Morgan fingerprint density at radius 1 is 1.24 bits per heavy atom. The van der Waals surface area contributed by atoms with Gasteiger partial charge in [0.05, 0.1) is 11.5 Å². The Hall–Kier alpha value is -2.98. The number of carbonyl (C=O) groups is 1. The molecule has 0 aliphatic heterocycles. The Labute approximate surface area is 138 Å². The van der Waals surface area contributed by atoms with Gasteiger partial charge in [0.25, 0.3) is 0 Å². The van der Waals surface area contributed by atoms with Crippen molar-refractivity contribution in [1.82, 2.24) is 9.78 Å². The molecule has 1 aromatic heterocycles. The van der Waals surface area contributed by atoms with E-state index in [1.165, 1.54) is 18.5 Å². The Balaban J connectivity index is 2.13. The number of carbonyl (C=O) groups excluding carboxylic acids is 1. The molecule has 1 amide bonds. The zero-order valence-electron chi connectivity index (χ0n) is 13.1. The quantitative estimate of drug-likeness (QED) is 0.384. The van der Waals surface area contributed by atoms with Crippen LogP contribution in [0, 0.1) is 47.2 Å². The molecule has 0 saturated carbocycles. The van der Waals surface area contributed by atoms with Crippen molar-refractivity contribution in [1.29, 1.82) is 0 Å². The molecule has 7 nitrogen and oxygen atoms in total. The molecule has 0 bridgehead atoms. The lowest BCUT2D eigenvalue weighted by atomic mass is 10.2. The lowest BCUT2D eigenvalue weighted by Gasteiger charge is -2.09. The first kappa shape index (κ1) is 18.4. The van der Waals surface area contributed by atoms with E-state index in [1.54, 1.807) is 5.32 Å². The van der Waals surface area contributed by atoms with Gasteiger partial charge < -0.3 is 5.32 Å². The molecule has 0 fully saturated rings. The summed E-state index contributed by atoms with van der Waals surface area (Å²) in [6.07, 6.45) is -0.379. The van der Waals surface area contributed by atoms with Crippen LogP contribution in [0.3, 0.4) is 0 Å². The van der Waals surface area contributed by atoms with Crippen LogP contribution >= 0.6 is 0 Å². The number of benzene rings is 1. The van der Waals surface area contributed by atoms with Gasteiger partial charge in [-0.3, -0.25) is 19.6 Å². The highest BCUT2D eigenvalue weighted by molar-refractivity contribution is 5.90. The number of aromatic nitrogens is 2. The van der Waals surface area contributed by atoms with E-state index in [4.69, 9.17) is 0 Å². The SMILES string of the molecule is Cc1nn(CCC(=O)Nc2c(F)c(F)cc(F)c2F)c(C)c1[N+](=O)[O-]. The van der Waals surface area contributed by atoms with Crippen LogP contribution in [0.25, 0.3) is 0 Å². The van der Waals surface area contributed by atoms with Crippen LogP contribution in [0.5, 0.6) is 0 Å². The van der Waals surface area contributed by atoms with Crippen molar-refractivity contribution >= 4 is 17.3 Å². The first-order chi connectivity index (χ1) is 11.6. The van der Waals surface area contributed by atoms with Gasteiger partial charge in [0, 0.05) is 12.5 Å². The third kappa shape index (κ3) is 3.59. The summed E-state index contributed by atoms with van der Waals surface area (Å²) in [5, 5.41) is 16.5. The van der Waals surface area contributed by atoms with Crippen molar-refractivity contribution in [2.75, 3.05) is 5.32 Å². The Morgan fingerprint density at radius 2 is 1.80 bits per heavy atom. The summed E-state index contributed by atoms with van der Waals surface area (Å²) in [6, 6.07) is 0.0231. The number of hydrogen-bond acceptors (Lipinski definition) is 4. The van der Waals surface area contributed by atoms with Gasteiger partial charge in [-0.05, 0) is 13.8 Å². The van der Waals surface area contributed by atoms with E-state index < -0.39 is 39.8 Å². The van der Waals surface area contributed by atoms with Crippen molar-refractivity contribution in [3.05, 3.63) is 50.8 Å². The Bertz CT molecular complexity index is 840. The number of amides is 1. The van der Waals surface area contributed by atoms with Crippen molar-refractivity contribution in [3.8, 4) is 0 Å². The molecular weight excluding hydrogens is 348 g/mol. The molecule has 134 valence electrons. The van der Waals surface area contributed by atoms with Gasteiger partial charge in [-0.2, -0.15) is 5.10 Å². The van der Waals surface area contributed by atoms with Crippen LogP contribution in [0.1, 0.15) is 17.8 Å². The summed E-state index contributed by atoms with van der Waals surface area (Å²) in [7, 11) is 0. The average molecular weight is 360 g/mol. The molecule has 25 heavy (non-hydrogen) atoms. The summed E-state index contributed by atoms with van der Waals surface area (Å²) in [6.45, 7) is 2.71. The monoisotopic (exact) mass is 360 g/mol. The smallest absolute Gasteiger partial charge is 0.312 e. The molecule has 11 heteroatoms. The number of aryl methyl sites for hydroxylation is 2. The molecule has 1 heterocycles. The summed E-state index contributed by atoms with van der Waals surface area (Å²) >= 11 is 0. The minimum atomic E-state index is -1.73. The van der Waals surface area contributed by atoms with E-state index in [0.717, 1.165) is 0 Å². The van der Waals surface area contributed by atoms with E-state index in [0.29, 0.717) is 0 Å². The highest BCUT2D eigenvalue weighted by Gasteiger charge is 2.23. The number of hydrogen-bond donors (Lipinski definition) is 1. The topological polar surface area (TPSA) is 90.1 Å². The lowest BCUT2D eigenvalue weighted by Crippen LogP contribution is -2.18. The van der Waals surface area contributed by atoms with Crippen LogP contribution < -0.4 is 5.32 Å². The zero-order chi connectivity index (χ0) is 18.9. The predicted molar refractivity (Wildman–Crippen MR) is 77.9 cm³/mol. The maximum absolute atomic E-state index is 13.5. The van der Waals surface area contributed by atoms with E-state index in [9.17, 15) is 32.5 Å². The summed E-state index contributed by atoms with van der Waals surface area (Å²) in [5.41, 5.74) is -1.09. The molecule has 0 radical (unpaired) electrons. The molecule has 0 saturated heterocycles. The van der Waals surface area contributed by atoms with Crippen molar-refractivity contribution in [2.24, 2.45) is 0 Å². The van der Waals surface area contributed by atoms with Gasteiger partial charge in [0.15, 0.2) is 23.3 Å². The summed E-state index contributed by atoms with van der Waals surface area (Å²) in [4.78, 5) is 22.1. The Morgan fingerprint density at radius 3 is 2.28 bits per heavy atom. The zero-order valence-corrected chi connectivity index (χ0v) is 13.1. The van der Waals surface area contributed by atoms with Gasteiger partial charge >= 0.3 is 5.69 Å². The van der Waals surface area contributed by atoms with Crippen molar-refractivity contribution < 1.29 is 27.3 Å².